The number of nitrogens with one attached hydrogen (secondary N) is 1. The molecule has 8 heteroatoms. The Balaban J connectivity index is 1.14. The van der Waals surface area contributed by atoms with Crippen LogP contribution in [0.5, 0.6) is 0 Å². The maximum atomic E-state index is 12.1. The predicted octanol–water partition coefficient (Wildman–Crippen LogP) is 6.97. The van der Waals surface area contributed by atoms with Crippen molar-refractivity contribution >= 4 is 21.4 Å². The summed E-state index contributed by atoms with van der Waals surface area (Å²) in [4.78, 5) is 14.5. The molecular formula is C42H65N3O4S. The number of methoxy groups -OCH3 is 1. The summed E-state index contributed by atoms with van der Waals surface area (Å²) >= 11 is 0. The van der Waals surface area contributed by atoms with Gasteiger partial charge in [-0.15, -0.1) is 0 Å². The smallest absolute Gasteiger partial charge is 0.337 e. The number of sulfone groups is 1. The highest BCUT2D eigenvalue weighted by Gasteiger charge is 2.70. The van der Waals surface area contributed by atoms with Gasteiger partial charge in [0.2, 0.25) is 0 Å². The number of ether oxygens (including phenoxy) is 1. The Morgan fingerprint density at radius 1 is 0.940 bits per heavy atom. The summed E-state index contributed by atoms with van der Waals surface area (Å²) in [5, 5.41) is 4.20. The molecule has 4 saturated carbocycles. The van der Waals surface area contributed by atoms with Crippen LogP contribution in [-0.2, 0) is 14.6 Å². The average molecular weight is 708 g/mol. The topological polar surface area (TPSA) is 102 Å². The summed E-state index contributed by atoms with van der Waals surface area (Å²) in [7, 11) is -1.42. The van der Waals surface area contributed by atoms with E-state index in [1.807, 2.05) is 12.1 Å². The fraction of sp³-hybridized carbons (Fsp3) is 0.786. The van der Waals surface area contributed by atoms with Crippen LogP contribution in [0.25, 0.3) is 5.57 Å². The number of allylic oxidation sites excluding steroid dienone is 2. The zero-order chi connectivity index (χ0) is 35.9. The number of esters is 1. The third-order valence-electron chi connectivity index (χ3n) is 16.7. The molecule has 1 saturated heterocycles. The zero-order valence-electron chi connectivity index (χ0n) is 32.0. The molecule has 0 bridgehead atoms. The molecule has 1 aliphatic heterocycles. The summed E-state index contributed by atoms with van der Waals surface area (Å²) < 4.78 is 29.0. The Labute approximate surface area is 302 Å². The Kier molecular flexibility index (Phi) is 9.29. The van der Waals surface area contributed by atoms with Crippen LogP contribution in [0, 0.1) is 51.2 Å². The predicted molar refractivity (Wildman–Crippen MR) is 202 cm³/mol. The number of rotatable bonds is 7. The molecule has 5 aliphatic carbocycles. The van der Waals surface area contributed by atoms with Crippen LogP contribution >= 0.6 is 0 Å². The summed E-state index contributed by atoms with van der Waals surface area (Å²) in [5.74, 6) is 3.40. The van der Waals surface area contributed by atoms with E-state index in [9.17, 15) is 13.2 Å². The second-order valence-corrected chi connectivity index (χ2v) is 21.2. The molecule has 10 unspecified atom stereocenters. The van der Waals surface area contributed by atoms with E-state index in [0.29, 0.717) is 59.7 Å². The molecule has 0 radical (unpaired) electrons. The van der Waals surface area contributed by atoms with Crippen LogP contribution in [0.15, 0.2) is 30.3 Å². The van der Waals surface area contributed by atoms with Crippen LogP contribution < -0.4 is 11.1 Å². The molecule has 1 aromatic carbocycles. The summed E-state index contributed by atoms with van der Waals surface area (Å²) in [6.07, 6.45) is 13.8. The van der Waals surface area contributed by atoms with Gasteiger partial charge in [0.1, 0.15) is 0 Å². The number of carbonyl (C=O) groups excluding carboxylic acids is 1. The summed E-state index contributed by atoms with van der Waals surface area (Å²) in [6.45, 7) is 18.5. The number of nitrogens with two attached hydrogens (primary N) is 1. The van der Waals surface area contributed by atoms with Crippen molar-refractivity contribution in [3.05, 3.63) is 41.5 Å². The molecule has 5 fully saturated rings. The second kappa shape index (κ2) is 12.7. The SMILES string of the molecule is COC(=O)c1ccc(C2=CCC3(C)C(CCC4(C)C3CCC3C5C(C(C)N)CCC5(NCCN5CCS(=O)(=O)CC5)CCC34C)C2(C)C)cc1. The molecule has 3 N–H and O–H groups in total. The van der Waals surface area contributed by atoms with Gasteiger partial charge in [-0.3, -0.25) is 0 Å². The van der Waals surface area contributed by atoms with E-state index in [-0.39, 0.29) is 39.2 Å². The van der Waals surface area contributed by atoms with Gasteiger partial charge in [0.15, 0.2) is 9.84 Å². The van der Waals surface area contributed by atoms with Crippen LogP contribution in [0.2, 0.25) is 0 Å². The number of carbonyl (C=O) groups is 1. The van der Waals surface area contributed by atoms with Gasteiger partial charge in [-0.25, -0.2) is 13.2 Å². The van der Waals surface area contributed by atoms with Crippen molar-refractivity contribution < 1.29 is 17.9 Å². The van der Waals surface area contributed by atoms with Crippen LogP contribution in [0.1, 0.15) is 115 Å². The fourth-order valence-electron chi connectivity index (χ4n) is 14.0. The Hall–Kier alpha value is -1.74. The molecule has 1 heterocycles. The van der Waals surface area contributed by atoms with Crippen LogP contribution in [0.3, 0.4) is 0 Å². The van der Waals surface area contributed by atoms with Gasteiger partial charge in [0.25, 0.3) is 0 Å². The minimum absolute atomic E-state index is 0.0363. The van der Waals surface area contributed by atoms with E-state index in [0.717, 1.165) is 19.5 Å². The van der Waals surface area contributed by atoms with Crippen molar-refractivity contribution in [3.8, 4) is 0 Å². The molecule has 6 aliphatic rings. The lowest BCUT2D eigenvalue weighted by Crippen LogP contribution is -2.68. The Morgan fingerprint density at radius 3 is 2.30 bits per heavy atom. The minimum Gasteiger partial charge on any atom is -0.465 e. The maximum absolute atomic E-state index is 12.1. The first-order valence-corrected chi connectivity index (χ1v) is 21.7. The molecule has 0 spiro atoms. The van der Waals surface area contributed by atoms with E-state index in [1.165, 1.54) is 69.6 Å². The molecular weight excluding hydrogens is 643 g/mol. The van der Waals surface area contributed by atoms with Gasteiger partial charge in [-0.1, -0.05) is 52.8 Å². The summed E-state index contributed by atoms with van der Waals surface area (Å²) in [5.41, 5.74) is 11.1. The van der Waals surface area contributed by atoms with Crippen molar-refractivity contribution in [1.29, 1.82) is 0 Å². The van der Waals surface area contributed by atoms with Crippen molar-refractivity contribution in [2.45, 2.75) is 111 Å². The number of hydrogen-bond donors (Lipinski definition) is 2. The number of nitrogens with zero attached hydrogens (tertiary/aromatic N) is 1. The summed E-state index contributed by atoms with van der Waals surface area (Å²) in [6, 6.07) is 8.28. The number of fused-ring (bicyclic) bond motifs is 7. The first kappa shape index (κ1) is 36.6. The average Bonchev–Trinajstić information content (AvgIpc) is 3.45. The molecule has 7 rings (SSSR count). The van der Waals surface area contributed by atoms with Crippen molar-refractivity contribution in [2.75, 3.05) is 44.8 Å². The lowest BCUT2D eigenvalue weighted by Gasteiger charge is -2.72. The van der Waals surface area contributed by atoms with Crippen LogP contribution in [0.4, 0.5) is 0 Å². The van der Waals surface area contributed by atoms with Gasteiger partial charge in [0, 0.05) is 37.8 Å². The largest absolute Gasteiger partial charge is 0.465 e. The third kappa shape index (κ3) is 5.58. The third-order valence-corrected chi connectivity index (χ3v) is 18.3. The molecule has 7 nitrogen and oxygen atoms in total. The molecule has 0 aromatic heterocycles. The molecule has 1 aromatic rings. The Morgan fingerprint density at radius 2 is 1.64 bits per heavy atom. The van der Waals surface area contributed by atoms with Crippen molar-refractivity contribution in [2.24, 2.45) is 57.0 Å². The highest BCUT2D eigenvalue weighted by atomic mass is 32.2. The van der Waals surface area contributed by atoms with E-state index in [1.54, 1.807) is 0 Å². The monoisotopic (exact) mass is 707 g/mol. The highest BCUT2D eigenvalue weighted by molar-refractivity contribution is 7.91. The van der Waals surface area contributed by atoms with Crippen molar-refractivity contribution in [1.82, 2.24) is 10.2 Å². The molecule has 50 heavy (non-hydrogen) atoms. The maximum Gasteiger partial charge on any atom is 0.337 e. The molecule has 0 amide bonds. The van der Waals surface area contributed by atoms with Gasteiger partial charge >= 0.3 is 5.97 Å². The van der Waals surface area contributed by atoms with Crippen LogP contribution in [-0.4, -0.2) is 75.7 Å². The Bertz CT molecular complexity index is 1590. The van der Waals surface area contributed by atoms with Crippen molar-refractivity contribution in [3.63, 3.8) is 0 Å². The lowest BCUT2D eigenvalue weighted by atomic mass is 9.33. The van der Waals surface area contributed by atoms with E-state index >= 15 is 0 Å². The minimum atomic E-state index is -2.86. The first-order valence-electron chi connectivity index (χ1n) is 19.8. The quantitative estimate of drug-likeness (QED) is 0.296. The van der Waals surface area contributed by atoms with Gasteiger partial charge in [0.05, 0.1) is 24.2 Å². The first-order chi connectivity index (χ1) is 23.5. The van der Waals surface area contributed by atoms with Gasteiger partial charge < -0.3 is 20.7 Å². The van der Waals surface area contributed by atoms with E-state index in [2.05, 4.69) is 70.0 Å². The fourth-order valence-corrected chi connectivity index (χ4v) is 15.3. The molecule has 10 atom stereocenters. The lowest BCUT2D eigenvalue weighted by molar-refractivity contribution is -0.220. The van der Waals surface area contributed by atoms with E-state index in [4.69, 9.17) is 10.5 Å². The standard InChI is InChI=1S/C42H65N3O4S/c1-28(43)31-14-19-42(44-22-23-45-24-26-50(47,48)27-25-45)21-20-40(5)33(36(31)42)12-13-35-39(4)17-15-32(29-8-10-30(11-9-29)37(46)49-7)38(2,3)34(39)16-18-41(35,40)6/h8-11,15,28,31,33-36,44H,12-14,16-27,43H2,1-7H3. The normalized spacial score (nSPS) is 42.6. The second-order valence-electron chi connectivity index (χ2n) is 18.9. The number of hydrogen-bond acceptors (Lipinski definition) is 7. The van der Waals surface area contributed by atoms with Gasteiger partial charge in [-0.05, 0) is 139 Å². The van der Waals surface area contributed by atoms with Gasteiger partial charge in [-0.2, -0.15) is 0 Å². The van der Waals surface area contributed by atoms with E-state index < -0.39 is 9.84 Å². The number of benzene rings is 1. The highest BCUT2D eigenvalue weighted by Crippen LogP contribution is 2.76. The molecule has 278 valence electrons. The zero-order valence-corrected chi connectivity index (χ0v) is 32.8.